The van der Waals surface area contributed by atoms with Crippen LogP contribution in [-0.2, 0) is 6.42 Å². The minimum Gasteiger partial charge on any atom is -0.306 e. The van der Waals surface area contributed by atoms with E-state index >= 15 is 0 Å². The summed E-state index contributed by atoms with van der Waals surface area (Å²) in [5.74, 6) is 1.13. The van der Waals surface area contributed by atoms with Gasteiger partial charge in [0, 0.05) is 27.8 Å². The van der Waals surface area contributed by atoms with Gasteiger partial charge in [-0.3, -0.25) is 0 Å². The molecule has 0 saturated carbocycles. The third-order valence-corrected chi connectivity index (χ3v) is 5.08. The molecule has 2 aromatic carbocycles. The lowest BCUT2D eigenvalue weighted by atomic mass is 10.0. The van der Waals surface area contributed by atoms with Crippen LogP contribution in [0.2, 0.25) is 5.02 Å². The van der Waals surface area contributed by atoms with E-state index in [2.05, 4.69) is 48.6 Å². The lowest BCUT2D eigenvalue weighted by Crippen LogP contribution is -2.32. The number of hydrogen-bond donors (Lipinski definition) is 1. The van der Waals surface area contributed by atoms with Crippen LogP contribution in [0.15, 0.2) is 53.4 Å². The lowest BCUT2D eigenvalue weighted by molar-refractivity contribution is 0.483. The van der Waals surface area contributed by atoms with Gasteiger partial charge in [0.15, 0.2) is 0 Å². The molecule has 1 aliphatic heterocycles. The zero-order chi connectivity index (χ0) is 13.9. The molecular weight excluding hydrogens is 286 g/mol. The summed E-state index contributed by atoms with van der Waals surface area (Å²) in [5.41, 5.74) is 2.77. The van der Waals surface area contributed by atoms with E-state index in [1.54, 1.807) is 0 Å². The van der Waals surface area contributed by atoms with E-state index in [1.165, 1.54) is 16.0 Å². The van der Waals surface area contributed by atoms with Crippen LogP contribution in [0.3, 0.4) is 0 Å². The van der Waals surface area contributed by atoms with Gasteiger partial charge in [0.25, 0.3) is 0 Å². The number of nitrogens with one attached hydrogen (secondary N) is 1. The Labute approximate surface area is 129 Å². The molecular formula is C17H18ClNS. The third-order valence-electron chi connectivity index (χ3n) is 3.64. The van der Waals surface area contributed by atoms with Crippen molar-refractivity contribution >= 4 is 23.4 Å². The SMILES string of the molecule is CC(Cc1ccc(Cl)cc1)NC1CSc2ccccc21. The number of halogens is 1. The number of benzene rings is 2. The molecule has 0 fully saturated rings. The predicted molar refractivity (Wildman–Crippen MR) is 87.7 cm³/mol. The maximum Gasteiger partial charge on any atom is 0.0428 e. The van der Waals surface area contributed by atoms with Crippen LogP contribution in [0, 0.1) is 0 Å². The fourth-order valence-corrected chi connectivity index (χ4v) is 3.98. The van der Waals surface area contributed by atoms with Gasteiger partial charge in [-0.1, -0.05) is 41.9 Å². The summed E-state index contributed by atoms with van der Waals surface area (Å²) < 4.78 is 0. The van der Waals surface area contributed by atoms with E-state index < -0.39 is 0 Å². The molecule has 0 saturated heterocycles. The molecule has 0 aromatic heterocycles. The topological polar surface area (TPSA) is 12.0 Å². The molecule has 2 aromatic rings. The molecule has 2 unspecified atom stereocenters. The van der Waals surface area contributed by atoms with Crippen molar-refractivity contribution in [2.75, 3.05) is 5.75 Å². The molecule has 104 valence electrons. The van der Waals surface area contributed by atoms with Crippen molar-refractivity contribution in [3.05, 3.63) is 64.7 Å². The zero-order valence-corrected chi connectivity index (χ0v) is 13.0. The summed E-state index contributed by atoms with van der Waals surface area (Å²) in [4.78, 5) is 1.42. The van der Waals surface area contributed by atoms with Crippen molar-refractivity contribution in [2.24, 2.45) is 0 Å². The second-order valence-corrected chi connectivity index (χ2v) is 6.80. The fourth-order valence-electron chi connectivity index (χ4n) is 2.68. The molecule has 3 rings (SSSR count). The fraction of sp³-hybridized carbons (Fsp3) is 0.294. The second kappa shape index (κ2) is 6.21. The monoisotopic (exact) mass is 303 g/mol. The molecule has 1 N–H and O–H groups in total. The highest BCUT2D eigenvalue weighted by molar-refractivity contribution is 7.99. The highest BCUT2D eigenvalue weighted by atomic mass is 35.5. The molecule has 2 atom stereocenters. The molecule has 0 spiro atoms. The Hall–Kier alpha value is -0.960. The van der Waals surface area contributed by atoms with E-state index in [-0.39, 0.29) is 0 Å². The largest absolute Gasteiger partial charge is 0.306 e. The van der Waals surface area contributed by atoms with Crippen molar-refractivity contribution in [3.63, 3.8) is 0 Å². The summed E-state index contributed by atoms with van der Waals surface area (Å²) in [5, 5.41) is 4.55. The normalized spacial score (nSPS) is 18.8. The minimum atomic E-state index is 0.452. The van der Waals surface area contributed by atoms with Crippen molar-refractivity contribution in [2.45, 2.75) is 30.3 Å². The van der Waals surface area contributed by atoms with Gasteiger partial charge < -0.3 is 5.32 Å². The molecule has 0 aliphatic carbocycles. The van der Waals surface area contributed by atoms with Crippen molar-refractivity contribution < 1.29 is 0 Å². The van der Waals surface area contributed by atoms with Crippen LogP contribution in [0.25, 0.3) is 0 Å². The van der Waals surface area contributed by atoms with Crippen LogP contribution in [0.4, 0.5) is 0 Å². The van der Waals surface area contributed by atoms with Crippen LogP contribution >= 0.6 is 23.4 Å². The predicted octanol–water partition coefficient (Wildman–Crippen LogP) is 4.71. The minimum absolute atomic E-state index is 0.452. The van der Waals surface area contributed by atoms with Gasteiger partial charge >= 0.3 is 0 Å². The van der Waals surface area contributed by atoms with E-state index in [0.29, 0.717) is 12.1 Å². The Kier molecular flexibility index (Phi) is 4.35. The highest BCUT2D eigenvalue weighted by Gasteiger charge is 2.23. The van der Waals surface area contributed by atoms with E-state index in [4.69, 9.17) is 11.6 Å². The molecule has 0 radical (unpaired) electrons. The van der Waals surface area contributed by atoms with E-state index in [0.717, 1.165) is 17.2 Å². The van der Waals surface area contributed by atoms with Crippen molar-refractivity contribution in [1.29, 1.82) is 0 Å². The maximum atomic E-state index is 5.92. The molecule has 20 heavy (non-hydrogen) atoms. The quantitative estimate of drug-likeness (QED) is 0.878. The molecule has 0 bridgehead atoms. The van der Waals surface area contributed by atoms with E-state index in [1.807, 2.05) is 23.9 Å². The third kappa shape index (κ3) is 3.20. The standard InChI is InChI=1S/C17H18ClNS/c1-12(10-13-6-8-14(18)9-7-13)19-16-11-20-17-5-3-2-4-15(16)17/h2-9,12,16,19H,10-11H2,1H3. The molecule has 1 nitrogen and oxygen atoms in total. The summed E-state index contributed by atoms with van der Waals surface area (Å²) >= 11 is 7.87. The van der Waals surface area contributed by atoms with Gasteiger partial charge in [0.2, 0.25) is 0 Å². The highest BCUT2D eigenvalue weighted by Crippen LogP contribution is 2.37. The number of thioether (sulfide) groups is 1. The van der Waals surface area contributed by atoms with Crippen molar-refractivity contribution in [1.82, 2.24) is 5.32 Å². The second-order valence-electron chi connectivity index (χ2n) is 5.30. The Morgan fingerprint density at radius 2 is 1.95 bits per heavy atom. The van der Waals surface area contributed by atoms with E-state index in [9.17, 15) is 0 Å². The first-order valence-electron chi connectivity index (χ1n) is 6.94. The van der Waals surface area contributed by atoms with Crippen LogP contribution in [-0.4, -0.2) is 11.8 Å². The molecule has 0 amide bonds. The maximum absolute atomic E-state index is 5.92. The van der Waals surface area contributed by atoms with Crippen LogP contribution < -0.4 is 5.32 Å². The van der Waals surface area contributed by atoms with Crippen LogP contribution in [0.1, 0.15) is 24.1 Å². The Balaban J connectivity index is 1.62. The van der Waals surface area contributed by atoms with Crippen LogP contribution in [0.5, 0.6) is 0 Å². The van der Waals surface area contributed by atoms with Gasteiger partial charge in [-0.25, -0.2) is 0 Å². The first kappa shape index (κ1) is 14.0. The van der Waals surface area contributed by atoms with Crippen molar-refractivity contribution in [3.8, 4) is 0 Å². The number of fused-ring (bicyclic) bond motifs is 1. The summed E-state index contributed by atoms with van der Waals surface area (Å²) in [7, 11) is 0. The van der Waals surface area contributed by atoms with Gasteiger partial charge in [0.05, 0.1) is 0 Å². The molecule has 1 heterocycles. The lowest BCUT2D eigenvalue weighted by Gasteiger charge is -2.20. The number of rotatable bonds is 4. The average molecular weight is 304 g/mol. The first-order valence-corrected chi connectivity index (χ1v) is 8.31. The first-order chi connectivity index (χ1) is 9.72. The molecule has 3 heteroatoms. The van der Waals surface area contributed by atoms with Gasteiger partial charge in [-0.15, -0.1) is 11.8 Å². The zero-order valence-electron chi connectivity index (χ0n) is 11.5. The van der Waals surface area contributed by atoms with Gasteiger partial charge in [-0.2, -0.15) is 0 Å². The van der Waals surface area contributed by atoms with Gasteiger partial charge in [-0.05, 0) is 42.7 Å². The Morgan fingerprint density at radius 3 is 2.75 bits per heavy atom. The number of hydrogen-bond acceptors (Lipinski definition) is 2. The summed E-state index contributed by atoms with van der Waals surface area (Å²) in [6.07, 6.45) is 1.03. The molecule has 1 aliphatic rings. The Morgan fingerprint density at radius 1 is 1.20 bits per heavy atom. The Bertz CT molecular complexity index is 582. The summed E-state index contributed by atoms with van der Waals surface area (Å²) in [6.45, 7) is 2.25. The smallest absolute Gasteiger partial charge is 0.0428 e. The summed E-state index contributed by atoms with van der Waals surface area (Å²) in [6, 6.07) is 17.8. The van der Waals surface area contributed by atoms with Gasteiger partial charge in [0.1, 0.15) is 0 Å². The average Bonchev–Trinajstić information content (AvgIpc) is 2.85.